The van der Waals surface area contributed by atoms with Crippen LogP contribution in [0, 0.1) is 25.2 Å². The third kappa shape index (κ3) is 2.09. The average molecular weight is 213 g/mol. The quantitative estimate of drug-likeness (QED) is 0.768. The molecule has 0 aromatic carbocycles. The number of aromatic nitrogens is 2. The SMILES string of the molecule is Cc1cc(-c2ccc(C)o2)nc(CC#N)n1. The highest BCUT2D eigenvalue weighted by Crippen LogP contribution is 2.20. The third-order valence-corrected chi connectivity index (χ3v) is 2.13. The van der Waals surface area contributed by atoms with Gasteiger partial charge in [0.2, 0.25) is 0 Å². The molecule has 2 aromatic heterocycles. The Morgan fingerprint density at radius 2 is 2.12 bits per heavy atom. The van der Waals surface area contributed by atoms with Gasteiger partial charge < -0.3 is 4.42 Å². The molecule has 0 bridgehead atoms. The molecule has 0 aliphatic carbocycles. The van der Waals surface area contributed by atoms with Gasteiger partial charge in [0.1, 0.15) is 17.3 Å². The second-order valence-electron chi connectivity index (χ2n) is 3.56. The number of nitriles is 1. The Morgan fingerprint density at radius 3 is 2.75 bits per heavy atom. The van der Waals surface area contributed by atoms with Gasteiger partial charge in [-0.05, 0) is 32.0 Å². The minimum atomic E-state index is 0.217. The summed E-state index contributed by atoms with van der Waals surface area (Å²) in [6, 6.07) is 7.64. The largest absolute Gasteiger partial charge is 0.460 e. The van der Waals surface area contributed by atoms with Crippen molar-refractivity contribution in [1.29, 1.82) is 5.26 Å². The molecule has 0 saturated heterocycles. The Morgan fingerprint density at radius 1 is 1.31 bits per heavy atom. The molecule has 0 atom stereocenters. The summed E-state index contributed by atoms with van der Waals surface area (Å²) in [6.45, 7) is 3.76. The monoisotopic (exact) mass is 213 g/mol. The average Bonchev–Trinajstić information content (AvgIpc) is 2.64. The standard InChI is InChI=1S/C12H11N3O/c1-8-7-10(11-4-3-9(2)16-11)15-12(14-8)5-6-13/h3-4,7H,5H2,1-2H3. The second kappa shape index (κ2) is 4.15. The highest BCUT2D eigenvalue weighted by molar-refractivity contribution is 5.52. The lowest BCUT2D eigenvalue weighted by Crippen LogP contribution is -1.97. The van der Waals surface area contributed by atoms with E-state index in [4.69, 9.17) is 9.68 Å². The molecule has 0 fully saturated rings. The lowest BCUT2D eigenvalue weighted by Gasteiger charge is -2.01. The van der Waals surface area contributed by atoms with Crippen molar-refractivity contribution in [2.75, 3.05) is 0 Å². The van der Waals surface area contributed by atoms with Gasteiger partial charge in [0, 0.05) is 5.69 Å². The fraction of sp³-hybridized carbons (Fsp3) is 0.250. The first-order valence-electron chi connectivity index (χ1n) is 4.97. The molecular weight excluding hydrogens is 202 g/mol. The first-order chi connectivity index (χ1) is 7.69. The highest BCUT2D eigenvalue weighted by atomic mass is 16.3. The van der Waals surface area contributed by atoms with E-state index in [0.29, 0.717) is 11.6 Å². The predicted molar refractivity (Wildman–Crippen MR) is 58.5 cm³/mol. The molecule has 2 rings (SSSR count). The van der Waals surface area contributed by atoms with E-state index in [1.165, 1.54) is 0 Å². The van der Waals surface area contributed by atoms with Crippen LogP contribution in [0.2, 0.25) is 0 Å². The molecular formula is C12H11N3O. The smallest absolute Gasteiger partial charge is 0.152 e. The van der Waals surface area contributed by atoms with Crippen molar-refractivity contribution in [2.45, 2.75) is 20.3 Å². The summed E-state index contributed by atoms with van der Waals surface area (Å²) in [4.78, 5) is 8.46. The molecule has 4 nitrogen and oxygen atoms in total. The number of nitrogens with zero attached hydrogens (tertiary/aromatic N) is 3. The summed E-state index contributed by atoms with van der Waals surface area (Å²) >= 11 is 0. The molecule has 0 N–H and O–H groups in total. The van der Waals surface area contributed by atoms with Gasteiger partial charge in [-0.25, -0.2) is 9.97 Å². The molecule has 2 aromatic rings. The zero-order valence-corrected chi connectivity index (χ0v) is 9.19. The van der Waals surface area contributed by atoms with Gasteiger partial charge in [0.25, 0.3) is 0 Å². The van der Waals surface area contributed by atoms with Crippen LogP contribution < -0.4 is 0 Å². The number of hydrogen-bond donors (Lipinski definition) is 0. The Balaban J connectivity index is 2.45. The van der Waals surface area contributed by atoms with E-state index < -0.39 is 0 Å². The van der Waals surface area contributed by atoms with E-state index in [0.717, 1.165) is 17.1 Å². The molecule has 4 heteroatoms. The van der Waals surface area contributed by atoms with Crippen LogP contribution in [0.25, 0.3) is 11.5 Å². The highest BCUT2D eigenvalue weighted by Gasteiger charge is 2.07. The van der Waals surface area contributed by atoms with Crippen LogP contribution in [-0.2, 0) is 6.42 Å². The fourth-order valence-corrected chi connectivity index (χ4v) is 1.48. The Labute approximate surface area is 93.6 Å². The van der Waals surface area contributed by atoms with E-state index in [2.05, 4.69) is 9.97 Å². The van der Waals surface area contributed by atoms with Gasteiger partial charge in [-0.3, -0.25) is 0 Å². The normalized spacial score (nSPS) is 10.1. The summed E-state index contributed by atoms with van der Waals surface area (Å²) in [5.41, 5.74) is 1.56. The van der Waals surface area contributed by atoms with Crippen LogP contribution in [0.5, 0.6) is 0 Å². The van der Waals surface area contributed by atoms with E-state index in [-0.39, 0.29) is 6.42 Å². The Kier molecular flexibility index (Phi) is 2.69. The van der Waals surface area contributed by atoms with Crippen molar-refractivity contribution in [2.24, 2.45) is 0 Å². The summed E-state index contributed by atoms with van der Waals surface area (Å²) in [5, 5.41) is 8.62. The van der Waals surface area contributed by atoms with Crippen molar-refractivity contribution < 1.29 is 4.42 Å². The molecule has 80 valence electrons. The number of furan rings is 1. The molecule has 0 aliphatic rings. The molecule has 0 aliphatic heterocycles. The third-order valence-electron chi connectivity index (χ3n) is 2.13. The molecule has 0 unspecified atom stereocenters. The molecule has 16 heavy (non-hydrogen) atoms. The number of hydrogen-bond acceptors (Lipinski definition) is 4. The van der Waals surface area contributed by atoms with Crippen LogP contribution in [0.15, 0.2) is 22.6 Å². The summed E-state index contributed by atoms with van der Waals surface area (Å²) in [5.74, 6) is 2.09. The van der Waals surface area contributed by atoms with Crippen molar-refractivity contribution in [3.8, 4) is 17.5 Å². The van der Waals surface area contributed by atoms with E-state index >= 15 is 0 Å². The topological polar surface area (TPSA) is 62.7 Å². The predicted octanol–water partition coefficient (Wildman–Crippen LogP) is 2.42. The molecule has 0 saturated carbocycles. The minimum Gasteiger partial charge on any atom is -0.460 e. The summed E-state index contributed by atoms with van der Waals surface area (Å²) in [6.07, 6.45) is 0.217. The van der Waals surface area contributed by atoms with E-state index in [9.17, 15) is 0 Å². The van der Waals surface area contributed by atoms with Gasteiger partial charge in [-0.1, -0.05) is 0 Å². The lowest BCUT2D eigenvalue weighted by atomic mass is 10.2. The zero-order chi connectivity index (χ0) is 11.5. The van der Waals surface area contributed by atoms with E-state index in [1.807, 2.05) is 38.1 Å². The first kappa shape index (κ1) is 10.4. The van der Waals surface area contributed by atoms with Crippen LogP contribution >= 0.6 is 0 Å². The van der Waals surface area contributed by atoms with Crippen molar-refractivity contribution in [3.63, 3.8) is 0 Å². The van der Waals surface area contributed by atoms with Crippen LogP contribution in [-0.4, -0.2) is 9.97 Å². The first-order valence-corrected chi connectivity index (χ1v) is 4.97. The maximum absolute atomic E-state index is 8.62. The molecule has 0 spiro atoms. The summed E-state index contributed by atoms with van der Waals surface area (Å²) in [7, 11) is 0. The van der Waals surface area contributed by atoms with Crippen LogP contribution in [0.3, 0.4) is 0 Å². The van der Waals surface area contributed by atoms with Gasteiger partial charge >= 0.3 is 0 Å². The van der Waals surface area contributed by atoms with Crippen LogP contribution in [0.4, 0.5) is 0 Å². The number of rotatable bonds is 2. The minimum absolute atomic E-state index is 0.217. The maximum Gasteiger partial charge on any atom is 0.152 e. The second-order valence-corrected chi connectivity index (χ2v) is 3.56. The molecule has 0 radical (unpaired) electrons. The lowest BCUT2D eigenvalue weighted by molar-refractivity contribution is 0.546. The Bertz CT molecular complexity index is 552. The number of aryl methyl sites for hydroxylation is 2. The van der Waals surface area contributed by atoms with Gasteiger partial charge in [-0.2, -0.15) is 5.26 Å². The Hall–Kier alpha value is -2.15. The van der Waals surface area contributed by atoms with Crippen molar-refractivity contribution in [3.05, 3.63) is 35.5 Å². The molecule has 0 amide bonds. The maximum atomic E-state index is 8.62. The van der Waals surface area contributed by atoms with Gasteiger partial charge in [-0.15, -0.1) is 0 Å². The summed E-state index contributed by atoms with van der Waals surface area (Å²) < 4.78 is 5.48. The van der Waals surface area contributed by atoms with Gasteiger partial charge in [0.05, 0.1) is 12.5 Å². The van der Waals surface area contributed by atoms with Crippen molar-refractivity contribution in [1.82, 2.24) is 9.97 Å². The van der Waals surface area contributed by atoms with Crippen LogP contribution in [0.1, 0.15) is 17.3 Å². The van der Waals surface area contributed by atoms with Crippen molar-refractivity contribution >= 4 is 0 Å². The zero-order valence-electron chi connectivity index (χ0n) is 9.19. The van der Waals surface area contributed by atoms with Gasteiger partial charge in [0.15, 0.2) is 5.76 Å². The van der Waals surface area contributed by atoms with E-state index in [1.54, 1.807) is 0 Å². The fourth-order valence-electron chi connectivity index (χ4n) is 1.48. The molecule has 2 heterocycles.